The number of methoxy groups -OCH3 is 1. The largest absolute Gasteiger partial charge is 0.497 e. The van der Waals surface area contributed by atoms with E-state index in [-0.39, 0.29) is 0 Å². The summed E-state index contributed by atoms with van der Waals surface area (Å²) in [6, 6.07) is 5.49. The van der Waals surface area contributed by atoms with Crippen molar-refractivity contribution in [3.05, 3.63) is 28.2 Å². The van der Waals surface area contributed by atoms with E-state index in [2.05, 4.69) is 15.9 Å². The van der Waals surface area contributed by atoms with E-state index >= 15 is 0 Å². The van der Waals surface area contributed by atoms with Gasteiger partial charge in [0.1, 0.15) is 11.1 Å². The predicted molar refractivity (Wildman–Crippen MR) is 63.2 cm³/mol. The molecule has 0 aliphatic heterocycles. The molecule has 1 unspecified atom stereocenters. The molecule has 82 valence electrons. The average Bonchev–Trinajstić information content (AvgIpc) is 2.21. The van der Waals surface area contributed by atoms with E-state index in [9.17, 15) is 4.79 Å². The topological polar surface area (TPSA) is 52.3 Å². The summed E-state index contributed by atoms with van der Waals surface area (Å²) in [5.74, 6) is 0.202. The summed E-state index contributed by atoms with van der Waals surface area (Å²) in [6.45, 7) is 0. The van der Waals surface area contributed by atoms with Gasteiger partial charge in [-0.3, -0.25) is 4.79 Å². The lowest BCUT2D eigenvalue weighted by atomic mass is 10.1. The van der Waals surface area contributed by atoms with Crippen LogP contribution in [0.5, 0.6) is 5.75 Å². The van der Waals surface area contributed by atoms with Gasteiger partial charge in [0.05, 0.1) is 7.11 Å². The molecule has 0 saturated carbocycles. The van der Waals surface area contributed by atoms with E-state index in [0.717, 1.165) is 15.8 Å². The zero-order chi connectivity index (χ0) is 11.4. The number of hydrogen-bond donors (Lipinski definition) is 1. The lowest BCUT2D eigenvalue weighted by molar-refractivity contribution is -0.117. The number of halogens is 2. The second-order valence-electron chi connectivity index (χ2n) is 3.03. The quantitative estimate of drug-likeness (QED) is 0.864. The number of hydrogen-bond acceptors (Lipinski definition) is 2. The van der Waals surface area contributed by atoms with Gasteiger partial charge in [-0.05, 0) is 30.2 Å². The maximum Gasteiger partial charge on any atom is 0.235 e. The molecular weight excluding hydrogens is 281 g/mol. The number of benzene rings is 1. The zero-order valence-corrected chi connectivity index (χ0v) is 10.5. The fourth-order valence-electron chi connectivity index (χ4n) is 1.13. The molecule has 5 heteroatoms. The lowest BCUT2D eigenvalue weighted by Crippen LogP contribution is -2.25. The van der Waals surface area contributed by atoms with Crippen molar-refractivity contribution in [1.29, 1.82) is 0 Å². The first kappa shape index (κ1) is 12.3. The number of primary amides is 1. The van der Waals surface area contributed by atoms with Crippen LogP contribution in [0.1, 0.15) is 5.56 Å². The normalized spacial score (nSPS) is 12.2. The third kappa shape index (κ3) is 3.39. The molecule has 1 rings (SSSR count). The first-order chi connectivity index (χ1) is 7.04. The Balaban J connectivity index is 2.88. The SMILES string of the molecule is COc1ccc(Br)c(CC(Cl)C(N)=O)c1. The Kier molecular flexibility index (Phi) is 4.42. The minimum atomic E-state index is -0.701. The fraction of sp³-hybridized carbons (Fsp3) is 0.300. The molecule has 1 amide bonds. The van der Waals surface area contributed by atoms with E-state index in [1.807, 2.05) is 18.2 Å². The molecule has 0 heterocycles. The van der Waals surface area contributed by atoms with Crippen LogP contribution in [0.25, 0.3) is 0 Å². The lowest BCUT2D eigenvalue weighted by Gasteiger charge is -2.09. The van der Waals surface area contributed by atoms with Gasteiger partial charge in [-0.1, -0.05) is 15.9 Å². The minimum Gasteiger partial charge on any atom is -0.497 e. The van der Waals surface area contributed by atoms with Crippen LogP contribution in [0.4, 0.5) is 0 Å². The number of ether oxygens (including phenoxy) is 1. The molecule has 1 atom stereocenters. The Labute approximate surface area is 102 Å². The molecule has 1 aromatic carbocycles. The van der Waals surface area contributed by atoms with Crippen molar-refractivity contribution in [1.82, 2.24) is 0 Å². The van der Waals surface area contributed by atoms with Crippen molar-refractivity contribution in [2.75, 3.05) is 7.11 Å². The maximum atomic E-state index is 10.8. The first-order valence-corrected chi connectivity index (χ1v) is 5.53. The van der Waals surface area contributed by atoms with Crippen molar-refractivity contribution < 1.29 is 9.53 Å². The molecule has 0 fully saturated rings. The summed E-state index contributed by atoms with van der Waals surface area (Å²) in [5, 5.41) is -0.701. The summed E-state index contributed by atoms with van der Waals surface area (Å²) in [6.07, 6.45) is 0.384. The Hall–Kier alpha value is -0.740. The number of carbonyl (C=O) groups is 1. The molecule has 15 heavy (non-hydrogen) atoms. The zero-order valence-electron chi connectivity index (χ0n) is 8.17. The van der Waals surface area contributed by atoms with Gasteiger partial charge in [0, 0.05) is 4.47 Å². The van der Waals surface area contributed by atoms with Crippen LogP contribution < -0.4 is 10.5 Å². The molecule has 0 aromatic heterocycles. The Bertz CT molecular complexity index is 370. The van der Waals surface area contributed by atoms with E-state index in [0.29, 0.717) is 6.42 Å². The minimum absolute atomic E-state index is 0.384. The summed E-state index contributed by atoms with van der Waals surface area (Å²) in [4.78, 5) is 10.8. The van der Waals surface area contributed by atoms with Crippen molar-refractivity contribution in [2.24, 2.45) is 5.73 Å². The van der Waals surface area contributed by atoms with Gasteiger partial charge >= 0.3 is 0 Å². The third-order valence-electron chi connectivity index (χ3n) is 1.96. The van der Waals surface area contributed by atoms with Crippen molar-refractivity contribution in [3.63, 3.8) is 0 Å². The summed E-state index contributed by atoms with van der Waals surface area (Å²) in [5.41, 5.74) is 5.98. The molecule has 2 N–H and O–H groups in total. The molecular formula is C10H11BrClNO2. The van der Waals surface area contributed by atoms with Gasteiger partial charge in [-0.15, -0.1) is 11.6 Å². The highest BCUT2D eigenvalue weighted by Crippen LogP contribution is 2.24. The second kappa shape index (κ2) is 5.37. The van der Waals surface area contributed by atoms with Crippen LogP contribution in [0, 0.1) is 0 Å². The van der Waals surface area contributed by atoms with Crippen LogP contribution in [0.3, 0.4) is 0 Å². The average molecular weight is 293 g/mol. The summed E-state index contributed by atoms with van der Waals surface area (Å²) >= 11 is 9.15. The van der Waals surface area contributed by atoms with Crippen LogP contribution in [0.15, 0.2) is 22.7 Å². The van der Waals surface area contributed by atoms with Gasteiger partial charge in [0.2, 0.25) is 5.91 Å². The molecule has 0 radical (unpaired) electrons. The Morgan fingerprint density at radius 2 is 2.33 bits per heavy atom. The molecule has 0 aliphatic rings. The van der Waals surface area contributed by atoms with Gasteiger partial charge in [0.15, 0.2) is 0 Å². The monoisotopic (exact) mass is 291 g/mol. The van der Waals surface area contributed by atoms with E-state index in [1.54, 1.807) is 7.11 Å². The van der Waals surface area contributed by atoms with Crippen LogP contribution in [-0.2, 0) is 11.2 Å². The van der Waals surface area contributed by atoms with Crippen LogP contribution in [0.2, 0.25) is 0 Å². The van der Waals surface area contributed by atoms with E-state index < -0.39 is 11.3 Å². The highest BCUT2D eigenvalue weighted by molar-refractivity contribution is 9.10. The van der Waals surface area contributed by atoms with Crippen molar-refractivity contribution in [3.8, 4) is 5.75 Å². The molecule has 0 spiro atoms. The van der Waals surface area contributed by atoms with Gasteiger partial charge in [0.25, 0.3) is 0 Å². The summed E-state index contributed by atoms with van der Waals surface area (Å²) in [7, 11) is 1.58. The smallest absolute Gasteiger partial charge is 0.235 e. The van der Waals surface area contributed by atoms with E-state index in [4.69, 9.17) is 22.1 Å². The Morgan fingerprint density at radius 1 is 1.67 bits per heavy atom. The molecule has 0 saturated heterocycles. The fourth-order valence-corrected chi connectivity index (χ4v) is 1.70. The number of nitrogens with two attached hydrogens (primary N) is 1. The highest BCUT2D eigenvalue weighted by Gasteiger charge is 2.14. The molecule has 0 aliphatic carbocycles. The van der Waals surface area contributed by atoms with Crippen molar-refractivity contribution in [2.45, 2.75) is 11.8 Å². The Morgan fingerprint density at radius 3 is 2.87 bits per heavy atom. The van der Waals surface area contributed by atoms with Crippen molar-refractivity contribution >= 4 is 33.4 Å². The third-order valence-corrected chi connectivity index (χ3v) is 3.10. The number of alkyl halides is 1. The predicted octanol–water partition coefficient (Wildman–Crippen LogP) is 2.09. The highest BCUT2D eigenvalue weighted by atomic mass is 79.9. The molecule has 1 aromatic rings. The van der Waals surface area contributed by atoms with Gasteiger partial charge in [-0.2, -0.15) is 0 Å². The van der Waals surface area contributed by atoms with Gasteiger partial charge < -0.3 is 10.5 Å². The van der Waals surface area contributed by atoms with Gasteiger partial charge in [-0.25, -0.2) is 0 Å². The standard InChI is InChI=1S/C10H11BrClNO2/c1-15-7-2-3-8(11)6(4-7)5-9(12)10(13)14/h2-4,9H,5H2,1H3,(H2,13,14). The number of carbonyl (C=O) groups excluding carboxylic acids is 1. The maximum absolute atomic E-state index is 10.8. The molecule has 3 nitrogen and oxygen atoms in total. The number of rotatable bonds is 4. The second-order valence-corrected chi connectivity index (χ2v) is 4.41. The first-order valence-electron chi connectivity index (χ1n) is 4.30. The van der Waals surface area contributed by atoms with Crippen LogP contribution in [-0.4, -0.2) is 18.4 Å². The number of amides is 1. The van der Waals surface area contributed by atoms with Crippen LogP contribution >= 0.6 is 27.5 Å². The molecule has 0 bridgehead atoms. The summed E-state index contributed by atoms with van der Waals surface area (Å²) < 4.78 is 5.96. The van der Waals surface area contributed by atoms with E-state index in [1.165, 1.54) is 0 Å².